The molecule has 2 aliphatic rings. The number of aromatic hydroxyl groups is 1. The summed E-state index contributed by atoms with van der Waals surface area (Å²) in [6.07, 6.45) is 7.04. The molecule has 1 N–H and O–H groups in total. The number of phenolic OH excluding ortho intramolecular Hbond substituents is 1. The summed E-state index contributed by atoms with van der Waals surface area (Å²) in [6, 6.07) is 3.95. The molecule has 2 aliphatic heterocycles. The SMILES string of the molecule is CCCCCC(C)C(C)c1cc(O)c2c(c1)OC(C)N1C(=O)CCCC21. The first-order valence-electron chi connectivity index (χ1n) is 10.3. The summed E-state index contributed by atoms with van der Waals surface area (Å²) in [4.78, 5) is 14.1. The summed E-state index contributed by atoms with van der Waals surface area (Å²) in [6.45, 7) is 8.69. The van der Waals surface area contributed by atoms with Gasteiger partial charge in [0.05, 0.1) is 11.6 Å². The van der Waals surface area contributed by atoms with E-state index in [4.69, 9.17) is 4.74 Å². The van der Waals surface area contributed by atoms with Crippen molar-refractivity contribution in [2.24, 2.45) is 5.92 Å². The van der Waals surface area contributed by atoms with Crippen LogP contribution < -0.4 is 4.74 Å². The first-order valence-corrected chi connectivity index (χ1v) is 10.3. The average molecular weight is 360 g/mol. The minimum atomic E-state index is -0.271. The number of carbonyl (C=O) groups excluding carboxylic acids is 1. The third-order valence-electron chi connectivity index (χ3n) is 6.30. The van der Waals surface area contributed by atoms with E-state index in [-0.39, 0.29) is 23.9 Å². The number of carbonyl (C=O) groups is 1. The van der Waals surface area contributed by atoms with E-state index >= 15 is 0 Å². The minimum Gasteiger partial charge on any atom is -0.507 e. The highest BCUT2D eigenvalue weighted by atomic mass is 16.5. The first-order chi connectivity index (χ1) is 12.4. The molecule has 0 aromatic heterocycles. The van der Waals surface area contributed by atoms with Crippen LogP contribution in [-0.4, -0.2) is 22.1 Å². The Morgan fingerprint density at radius 3 is 2.81 bits per heavy atom. The van der Waals surface area contributed by atoms with E-state index in [1.807, 2.05) is 17.9 Å². The fraction of sp³-hybridized carbons (Fsp3) is 0.682. The Bertz CT molecular complexity index is 657. The zero-order chi connectivity index (χ0) is 18.8. The van der Waals surface area contributed by atoms with Gasteiger partial charge in [0.1, 0.15) is 11.5 Å². The lowest BCUT2D eigenvalue weighted by Gasteiger charge is -2.44. The number of phenols is 1. The first kappa shape index (κ1) is 19.1. The molecule has 0 radical (unpaired) electrons. The monoisotopic (exact) mass is 359 g/mol. The maximum absolute atomic E-state index is 12.3. The van der Waals surface area contributed by atoms with Crippen molar-refractivity contribution in [2.75, 3.05) is 0 Å². The van der Waals surface area contributed by atoms with Gasteiger partial charge < -0.3 is 9.84 Å². The van der Waals surface area contributed by atoms with Gasteiger partial charge in [0.25, 0.3) is 0 Å². The normalized spacial score (nSPS) is 24.5. The lowest BCUT2D eigenvalue weighted by atomic mass is 9.83. The number of piperidine rings is 1. The van der Waals surface area contributed by atoms with Gasteiger partial charge in [-0.15, -0.1) is 0 Å². The zero-order valence-corrected chi connectivity index (χ0v) is 16.6. The summed E-state index contributed by atoms with van der Waals surface area (Å²) >= 11 is 0. The molecule has 0 bridgehead atoms. The van der Waals surface area contributed by atoms with Crippen LogP contribution in [0, 0.1) is 5.92 Å². The summed E-state index contributed by atoms with van der Waals surface area (Å²) in [5.41, 5.74) is 1.93. The van der Waals surface area contributed by atoms with Crippen molar-refractivity contribution in [3.63, 3.8) is 0 Å². The standard InChI is InChI=1S/C22H33NO3/c1-5-6-7-9-14(2)15(3)17-12-19(24)22-18-10-8-11-21(25)23(18)16(4)26-20(22)13-17/h12-16,18,24H,5-11H2,1-4H3. The van der Waals surface area contributed by atoms with E-state index in [0.717, 1.165) is 29.7 Å². The van der Waals surface area contributed by atoms with Crippen LogP contribution in [0.25, 0.3) is 0 Å². The van der Waals surface area contributed by atoms with Crippen LogP contribution in [0.1, 0.15) is 95.7 Å². The van der Waals surface area contributed by atoms with Crippen LogP contribution in [0.15, 0.2) is 12.1 Å². The van der Waals surface area contributed by atoms with E-state index in [9.17, 15) is 9.90 Å². The largest absolute Gasteiger partial charge is 0.507 e. The van der Waals surface area contributed by atoms with Gasteiger partial charge in [-0.05, 0) is 49.3 Å². The molecule has 3 rings (SSSR count). The van der Waals surface area contributed by atoms with Crippen molar-refractivity contribution in [1.29, 1.82) is 0 Å². The molecular weight excluding hydrogens is 326 g/mol. The van der Waals surface area contributed by atoms with E-state index < -0.39 is 0 Å². The molecule has 0 spiro atoms. The van der Waals surface area contributed by atoms with Gasteiger partial charge in [0, 0.05) is 6.42 Å². The molecule has 4 heteroatoms. The van der Waals surface area contributed by atoms with Crippen molar-refractivity contribution in [3.05, 3.63) is 23.3 Å². The Hall–Kier alpha value is -1.71. The van der Waals surface area contributed by atoms with Gasteiger partial charge in [-0.3, -0.25) is 9.69 Å². The van der Waals surface area contributed by atoms with Crippen LogP contribution in [0.5, 0.6) is 11.5 Å². The van der Waals surface area contributed by atoms with Gasteiger partial charge in [0.2, 0.25) is 5.91 Å². The molecule has 1 aromatic carbocycles. The van der Waals surface area contributed by atoms with Crippen LogP contribution in [0.4, 0.5) is 0 Å². The number of hydrogen-bond acceptors (Lipinski definition) is 3. The van der Waals surface area contributed by atoms with E-state index in [1.54, 1.807) is 0 Å². The maximum Gasteiger partial charge on any atom is 0.225 e. The smallest absolute Gasteiger partial charge is 0.225 e. The van der Waals surface area contributed by atoms with Crippen LogP contribution >= 0.6 is 0 Å². The molecule has 0 saturated carbocycles. The van der Waals surface area contributed by atoms with E-state index in [1.165, 1.54) is 25.7 Å². The molecule has 0 aliphatic carbocycles. The Labute approximate surface area is 157 Å². The van der Waals surface area contributed by atoms with Crippen molar-refractivity contribution < 1.29 is 14.6 Å². The number of rotatable bonds is 6. The van der Waals surface area contributed by atoms with E-state index in [2.05, 4.69) is 26.8 Å². The lowest BCUT2D eigenvalue weighted by molar-refractivity contribution is -0.149. The molecule has 1 fully saturated rings. The molecule has 144 valence electrons. The second kappa shape index (κ2) is 7.89. The van der Waals surface area contributed by atoms with Crippen molar-refractivity contribution in [2.45, 2.75) is 90.8 Å². The molecule has 1 aromatic rings. The predicted molar refractivity (Wildman–Crippen MR) is 103 cm³/mol. The highest BCUT2D eigenvalue weighted by molar-refractivity contribution is 5.78. The number of amides is 1. The minimum absolute atomic E-state index is 0.0543. The summed E-state index contributed by atoms with van der Waals surface area (Å²) in [5.74, 6) is 2.10. The summed E-state index contributed by atoms with van der Waals surface area (Å²) in [7, 11) is 0. The maximum atomic E-state index is 12.3. The van der Waals surface area contributed by atoms with Crippen molar-refractivity contribution >= 4 is 5.91 Å². The lowest BCUT2D eigenvalue weighted by Crippen LogP contribution is -2.49. The van der Waals surface area contributed by atoms with Crippen LogP contribution in [-0.2, 0) is 4.79 Å². The highest BCUT2D eigenvalue weighted by Crippen LogP contribution is 2.48. The van der Waals surface area contributed by atoms with Gasteiger partial charge in [-0.2, -0.15) is 0 Å². The molecule has 1 amide bonds. The van der Waals surface area contributed by atoms with Gasteiger partial charge in [0.15, 0.2) is 6.23 Å². The Kier molecular flexibility index (Phi) is 5.79. The van der Waals surface area contributed by atoms with Gasteiger partial charge in [-0.1, -0.05) is 46.5 Å². The molecular formula is C22H33NO3. The third-order valence-corrected chi connectivity index (χ3v) is 6.30. The Balaban J connectivity index is 1.86. The topological polar surface area (TPSA) is 49.8 Å². The molecule has 4 unspecified atom stereocenters. The number of benzene rings is 1. The fourth-order valence-corrected chi connectivity index (χ4v) is 4.49. The van der Waals surface area contributed by atoms with Crippen LogP contribution in [0.2, 0.25) is 0 Å². The van der Waals surface area contributed by atoms with Gasteiger partial charge >= 0.3 is 0 Å². The van der Waals surface area contributed by atoms with E-state index in [0.29, 0.717) is 18.3 Å². The Morgan fingerprint density at radius 1 is 1.31 bits per heavy atom. The highest BCUT2D eigenvalue weighted by Gasteiger charge is 2.40. The third kappa shape index (κ3) is 3.56. The van der Waals surface area contributed by atoms with Gasteiger partial charge in [-0.25, -0.2) is 0 Å². The fourth-order valence-electron chi connectivity index (χ4n) is 4.49. The summed E-state index contributed by atoms with van der Waals surface area (Å²) in [5, 5.41) is 10.8. The molecule has 26 heavy (non-hydrogen) atoms. The number of ether oxygens (including phenoxy) is 1. The quantitative estimate of drug-likeness (QED) is 0.682. The van der Waals surface area contributed by atoms with Crippen molar-refractivity contribution in [1.82, 2.24) is 4.90 Å². The molecule has 4 nitrogen and oxygen atoms in total. The zero-order valence-electron chi connectivity index (χ0n) is 16.6. The number of fused-ring (bicyclic) bond motifs is 3. The number of hydrogen-bond donors (Lipinski definition) is 1. The second-order valence-corrected chi connectivity index (χ2v) is 8.14. The second-order valence-electron chi connectivity index (χ2n) is 8.14. The van der Waals surface area contributed by atoms with Crippen LogP contribution in [0.3, 0.4) is 0 Å². The predicted octanol–water partition coefficient (Wildman–Crippen LogP) is 5.50. The Morgan fingerprint density at radius 2 is 2.08 bits per heavy atom. The molecule has 4 atom stereocenters. The molecule has 1 saturated heterocycles. The number of nitrogens with zero attached hydrogens (tertiary/aromatic N) is 1. The van der Waals surface area contributed by atoms with Crippen molar-refractivity contribution in [3.8, 4) is 11.5 Å². The number of unbranched alkanes of at least 4 members (excludes halogenated alkanes) is 2. The average Bonchev–Trinajstić information content (AvgIpc) is 2.60. The molecule has 2 heterocycles. The summed E-state index contributed by atoms with van der Waals surface area (Å²) < 4.78 is 6.07.